The van der Waals surface area contributed by atoms with Gasteiger partial charge in [0, 0.05) is 18.8 Å². The summed E-state index contributed by atoms with van der Waals surface area (Å²) in [6.45, 7) is 2.68. The lowest BCUT2D eigenvalue weighted by Gasteiger charge is -2.04. The van der Waals surface area contributed by atoms with Crippen molar-refractivity contribution in [3.8, 4) is 0 Å². The van der Waals surface area contributed by atoms with Gasteiger partial charge in [-0.15, -0.1) is 0 Å². The Balaban J connectivity index is 2.96. The maximum Gasteiger partial charge on any atom is 0.250 e. The van der Waals surface area contributed by atoms with Gasteiger partial charge < -0.3 is 10.3 Å². The Morgan fingerprint density at radius 2 is 2.21 bits per heavy atom. The summed E-state index contributed by atoms with van der Waals surface area (Å²) in [5, 5.41) is 0. The highest BCUT2D eigenvalue weighted by atomic mass is 16.1. The normalized spacial score (nSPS) is 10.1. The molecule has 4 heteroatoms. The molecule has 0 aliphatic rings. The van der Waals surface area contributed by atoms with Crippen LogP contribution in [0.2, 0.25) is 0 Å². The van der Waals surface area contributed by atoms with E-state index in [-0.39, 0.29) is 5.56 Å². The third-order valence-electron chi connectivity index (χ3n) is 2.02. The van der Waals surface area contributed by atoms with Gasteiger partial charge in [0.1, 0.15) is 0 Å². The number of primary amides is 1. The molecule has 0 aliphatic heterocycles. The summed E-state index contributed by atoms with van der Waals surface area (Å²) in [4.78, 5) is 22.2. The third kappa shape index (κ3) is 2.45. The van der Waals surface area contributed by atoms with Crippen LogP contribution in [-0.4, -0.2) is 10.5 Å². The fourth-order valence-electron chi connectivity index (χ4n) is 1.18. The molecule has 2 N–H and O–H groups in total. The van der Waals surface area contributed by atoms with Crippen LogP contribution in [-0.2, 0) is 6.54 Å². The molecule has 76 valence electrons. The highest BCUT2D eigenvalue weighted by Crippen LogP contribution is 1.96. The van der Waals surface area contributed by atoms with Gasteiger partial charge in [0.25, 0.3) is 5.56 Å². The summed E-state index contributed by atoms with van der Waals surface area (Å²) in [6.07, 6.45) is 3.44. The molecular weight excluding hydrogens is 180 g/mol. The summed E-state index contributed by atoms with van der Waals surface area (Å²) in [5.74, 6) is -0.504. The van der Waals surface area contributed by atoms with Gasteiger partial charge >= 0.3 is 0 Å². The van der Waals surface area contributed by atoms with Crippen molar-refractivity contribution in [2.75, 3.05) is 0 Å². The zero-order valence-electron chi connectivity index (χ0n) is 8.19. The van der Waals surface area contributed by atoms with E-state index in [1.54, 1.807) is 0 Å². The predicted molar refractivity (Wildman–Crippen MR) is 54.1 cm³/mol. The number of rotatable bonds is 4. The number of hydrogen-bond acceptors (Lipinski definition) is 2. The van der Waals surface area contributed by atoms with Crippen molar-refractivity contribution in [3.05, 3.63) is 34.2 Å². The lowest BCUT2D eigenvalue weighted by atomic mass is 10.2. The first-order valence-electron chi connectivity index (χ1n) is 4.65. The lowest BCUT2D eigenvalue weighted by molar-refractivity contribution is 0.0999. The van der Waals surface area contributed by atoms with E-state index in [0.29, 0.717) is 12.1 Å². The van der Waals surface area contributed by atoms with Gasteiger partial charge in [-0.1, -0.05) is 13.3 Å². The number of pyridine rings is 1. The first kappa shape index (κ1) is 10.5. The average molecular weight is 194 g/mol. The standard InChI is InChI=1S/C10H14N2O2/c1-2-3-6-12-7-8(10(11)14)4-5-9(12)13/h4-5,7H,2-3,6H2,1H3,(H2,11,14). The Morgan fingerprint density at radius 1 is 1.50 bits per heavy atom. The fraction of sp³-hybridized carbons (Fsp3) is 0.400. The highest BCUT2D eigenvalue weighted by molar-refractivity contribution is 5.92. The fourth-order valence-corrected chi connectivity index (χ4v) is 1.18. The Kier molecular flexibility index (Phi) is 3.45. The van der Waals surface area contributed by atoms with Crippen molar-refractivity contribution in [1.82, 2.24) is 4.57 Å². The van der Waals surface area contributed by atoms with Crippen molar-refractivity contribution < 1.29 is 4.79 Å². The van der Waals surface area contributed by atoms with E-state index in [4.69, 9.17) is 5.73 Å². The minimum atomic E-state index is -0.504. The Bertz CT molecular complexity index is 382. The Hall–Kier alpha value is -1.58. The quantitative estimate of drug-likeness (QED) is 0.768. The monoisotopic (exact) mass is 194 g/mol. The van der Waals surface area contributed by atoms with Gasteiger partial charge in [-0.05, 0) is 12.5 Å². The molecule has 0 aromatic carbocycles. The predicted octanol–water partition coefficient (Wildman–Crippen LogP) is 0.747. The highest BCUT2D eigenvalue weighted by Gasteiger charge is 2.02. The van der Waals surface area contributed by atoms with Crippen LogP contribution in [0.3, 0.4) is 0 Å². The molecular formula is C10H14N2O2. The summed E-state index contributed by atoms with van der Waals surface area (Å²) >= 11 is 0. The molecule has 1 rings (SSSR count). The van der Waals surface area contributed by atoms with Crippen LogP contribution in [0.15, 0.2) is 23.1 Å². The second-order valence-corrected chi connectivity index (χ2v) is 3.17. The van der Waals surface area contributed by atoms with E-state index >= 15 is 0 Å². The topological polar surface area (TPSA) is 65.1 Å². The number of nitrogens with two attached hydrogens (primary N) is 1. The van der Waals surface area contributed by atoms with Crippen molar-refractivity contribution in [3.63, 3.8) is 0 Å². The molecule has 0 spiro atoms. The lowest BCUT2D eigenvalue weighted by Crippen LogP contribution is -2.22. The van der Waals surface area contributed by atoms with E-state index in [2.05, 4.69) is 0 Å². The van der Waals surface area contributed by atoms with Crippen LogP contribution < -0.4 is 11.3 Å². The van der Waals surface area contributed by atoms with Crippen molar-refractivity contribution in [2.45, 2.75) is 26.3 Å². The molecule has 1 aromatic rings. The number of carbonyl (C=O) groups excluding carboxylic acids is 1. The molecule has 1 amide bonds. The second-order valence-electron chi connectivity index (χ2n) is 3.17. The molecule has 0 radical (unpaired) electrons. The Morgan fingerprint density at radius 3 is 2.79 bits per heavy atom. The maximum atomic E-state index is 11.3. The first-order chi connectivity index (χ1) is 6.65. The molecule has 0 saturated carbocycles. The molecule has 4 nitrogen and oxygen atoms in total. The van der Waals surface area contributed by atoms with E-state index < -0.39 is 5.91 Å². The van der Waals surface area contributed by atoms with E-state index in [1.165, 1.54) is 22.9 Å². The van der Waals surface area contributed by atoms with E-state index in [0.717, 1.165) is 12.8 Å². The van der Waals surface area contributed by atoms with E-state index in [1.807, 2.05) is 6.92 Å². The molecule has 0 unspecified atom stereocenters. The summed E-state index contributed by atoms with van der Waals surface area (Å²) < 4.78 is 1.52. The number of amides is 1. The van der Waals surface area contributed by atoms with Crippen LogP contribution in [0.25, 0.3) is 0 Å². The summed E-state index contributed by atoms with van der Waals surface area (Å²) in [6, 6.07) is 2.82. The molecule has 0 aliphatic carbocycles. The van der Waals surface area contributed by atoms with Crippen molar-refractivity contribution >= 4 is 5.91 Å². The molecule has 0 saturated heterocycles. The molecule has 0 bridgehead atoms. The average Bonchev–Trinajstić information content (AvgIpc) is 2.16. The maximum absolute atomic E-state index is 11.3. The SMILES string of the molecule is CCCCn1cc(C(N)=O)ccc1=O. The van der Waals surface area contributed by atoms with Gasteiger partial charge in [-0.25, -0.2) is 0 Å². The van der Waals surface area contributed by atoms with Crippen molar-refractivity contribution in [1.29, 1.82) is 0 Å². The zero-order valence-corrected chi connectivity index (χ0v) is 8.19. The molecule has 0 atom stereocenters. The number of unbranched alkanes of at least 4 members (excludes halogenated alkanes) is 1. The van der Waals surface area contributed by atoms with E-state index in [9.17, 15) is 9.59 Å². The van der Waals surface area contributed by atoms with Gasteiger partial charge in [-0.3, -0.25) is 9.59 Å². The first-order valence-corrected chi connectivity index (χ1v) is 4.65. The van der Waals surface area contributed by atoms with Gasteiger partial charge in [0.05, 0.1) is 5.56 Å². The second kappa shape index (κ2) is 4.60. The zero-order chi connectivity index (χ0) is 10.6. The Labute approximate surface area is 82.3 Å². The number of hydrogen-bond donors (Lipinski definition) is 1. The van der Waals surface area contributed by atoms with Crippen LogP contribution in [0.5, 0.6) is 0 Å². The largest absolute Gasteiger partial charge is 0.366 e. The number of carbonyl (C=O) groups is 1. The minimum Gasteiger partial charge on any atom is -0.366 e. The van der Waals surface area contributed by atoms with Crippen molar-refractivity contribution in [2.24, 2.45) is 5.73 Å². The molecule has 1 aromatic heterocycles. The number of nitrogens with zero attached hydrogens (tertiary/aromatic N) is 1. The smallest absolute Gasteiger partial charge is 0.250 e. The summed E-state index contributed by atoms with van der Waals surface area (Å²) in [7, 11) is 0. The van der Waals surface area contributed by atoms with Crippen LogP contribution >= 0.6 is 0 Å². The number of aryl methyl sites for hydroxylation is 1. The molecule has 14 heavy (non-hydrogen) atoms. The number of aromatic nitrogens is 1. The van der Waals surface area contributed by atoms with Gasteiger partial charge in [0.2, 0.25) is 5.91 Å². The van der Waals surface area contributed by atoms with Crippen LogP contribution in [0, 0.1) is 0 Å². The van der Waals surface area contributed by atoms with Gasteiger partial charge in [0.15, 0.2) is 0 Å². The molecule has 1 heterocycles. The van der Waals surface area contributed by atoms with Crippen LogP contribution in [0.4, 0.5) is 0 Å². The molecule has 0 fully saturated rings. The summed E-state index contributed by atoms with van der Waals surface area (Å²) in [5.41, 5.74) is 5.39. The third-order valence-corrected chi connectivity index (χ3v) is 2.02. The van der Waals surface area contributed by atoms with Gasteiger partial charge in [-0.2, -0.15) is 0 Å². The minimum absolute atomic E-state index is 0.0940. The van der Waals surface area contributed by atoms with Crippen LogP contribution in [0.1, 0.15) is 30.1 Å².